The lowest BCUT2D eigenvalue weighted by molar-refractivity contribution is 0.0905. The first-order chi connectivity index (χ1) is 11.4. The van der Waals surface area contributed by atoms with Crippen LogP contribution in [0.15, 0.2) is 10.6 Å². The zero-order valence-electron chi connectivity index (χ0n) is 13.8. The van der Waals surface area contributed by atoms with Gasteiger partial charge in [-0.25, -0.2) is 8.42 Å². The molecule has 1 aliphatic heterocycles. The quantitative estimate of drug-likeness (QED) is 0.868. The molecule has 4 rings (SSSR count). The standard InChI is InChI=1S/C16H23N3O4S/c1-10-8-12(6-7-19(10)24(21,22)13-4-5-13)17-16(20)14-9-15(23-18-14)11-2-3-11/h9-13H,2-8H2,1H3,(H,17,20)/t10-,12+/m0/s1. The minimum Gasteiger partial charge on any atom is -0.360 e. The topological polar surface area (TPSA) is 92.5 Å². The lowest BCUT2D eigenvalue weighted by Crippen LogP contribution is -2.51. The monoisotopic (exact) mass is 353 g/mol. The van der Waals surface area contributed by atoms with Crippen molar-refractivity contribution in [2.75, 3.05) is 6.54 Å². The maximum atomic E-state index is 12.4. The van der Waals surface area contributed by atoms with Crippen molar-refractivity contribution in [3.8, 4) is 0 Å². The molecular formula is C16H23N3O4S. The molecule has 3 aliphatic rings. The van der Waals surface area contributed by atoms with Gasteiger partial charge in [-0.1, -0.05) is 5.16 Å². The fourth-order valence-electron chi connectivity index (χ4n) is 3.43. The van der Waals surface area contributed by atoms with Gasteiger partial charge in [0.25, 0.3) is 5.91 Å². The van der Waals surface area contributed by atoms with Gasteiger partial charge in [-0.15, -0.1) is 0 Å². The van der Waals surface area contributed by atoms with E-state index in [1.54, 1.807) is 10.4 Å². The Balaban J connectivity index is 1.35. The molecule has 0 bridgehead atoms. The Bertz CT molecular complexity index is 736. The summed E-state index contributed by atoms with van der Waals surface area (Å²) in [4.78, 5) is 12.3. The number of carbonyl (C=O) groups excluding carboxylic acids is 1. The van der Waals surface area contributed by atoms with Gasteiger partial charge in [0.15, 0.2) is 5.69 Å². The third-order valence-electron chi connectivity index (χ3n) is 5.16. The Hall–Kier alpha value is -1.41. The summed E-state index contributed by atoms with van der Waals surface area (Å²) in [6, 6.07) is 1.61. The van der Waals surface area contributed by atoms with Crippen LogP contribution in [0.1, 0.15) is 67.6 Å². The third kappa shape index (κ3) is 3.09. The highest BCUT2D eigenvalue weighted by Gasteiger charge is 2.43. The average molecular weight is 353 g/mol. The van der Waals surface area contributed by atoms with Crippen LogP contribution in [0.5, 0.6) is 0 Å². The first-order valence-corrected chi connectivity index (χ1v) is 10.2. The number of hydrogen-bond donors (Lipinski definition) is 1. The highest BCUT2D eigenvalue weighted by atomic mass is 32.2. The molecule has 0 unspecified atom stereocenters. The Morgan fingerprint density at radius 2 is 2.04 bits per heavy atom. The van der Waals surface area contributed by atoms with Gasteiger partial charge in [0, 0.05) is 30.6 Å². The van der Waals surface area contributed by atoms with Crippen molar-refractivity contribution in [1.29, 1.82) is 0 Å². The molecule has 132 valence electrons. The lowest BCUT2D eigenvalue weighted by Gasteiger charge is -2.36. The zero-order valence-corrected chi connectivity index (χ0v) is 14.6. The molecule has 24 heavy (non-hydrogen) atoms. The zero-order chi connectivity index (χ0) is 16.9. The van der Waals surface area contributed by atoms with Gasteiger partial charge in [-0.05, 0) is 45.4 Å². The maximum Gasteiger partial charge on any atom is 0.273 e. The van der Waals surface area contributed by atoms with Gasteiger partial charge in [0.1, 0.15) is 5.76 Å². The van der Waals surface area contributed by atoms with Crippen molar-refractivity contribution in [3.05, 3.63) is 17.5 Å². The minimum absolute atomic E-state index is 0.0285. The number of hydrogen-bond acceptors (Lipinski definition) is 5. The number of carbonyl (C=O) groups is 1. The van der Waals surface area contributed by atoms with Crippen molar-refractivity contribution in [2.45, 2.75) is 68.7 Å². The smallest absolute Gasteiger partial charge is 0.273 e. The predicted octanol–water partition coefficient (Wildman–Crippen LogP) is 1.63. The summed E-state index contributed by atoms with van der Waals surface area (Å²) < 4.78 is 31.6. The fourth-order valence-corrected chi connectivity index (χ4v) is 5.50. The van der Waals surface area contributed by atoms with Crippen LogP contribution in [-0.4, -0.2) is 47.7 Å². The van der Waals surface area contributed by atoms with Crippen LogP contribution >= 0.6 is 0 Å². The van der Waals surface area contributed by atoms with Crippen LogP contribution in [-0.2, 0) is 10.0 Å². The Morgan fingerprint density at radius 3 is 2.67 bits per heavy atom. The van der Waals surface area contributed by atoms with E-state index in [-0.39, 0.29) is 23.2 Å². The van der Waals surface area contributed by atoms with E-state index in [9.17, 15) is 13.2 Å². The number of aromatic nitrogens is 1. The van der Waals surface area contributed by atoms with E-state index in [1.165, 1.54) is 0 Å². The lowest BCUT2D eigenvalue weighted by atomic mass is 10.0. The maximum absolute atomic E-state index is 12.4. The molecule has 0 radical (unpaired) electrons. The van der Waals surface area contributed by atoms with E-state index >= 15 is 0 Å². The van der Waals surface area contributed by atoms with Crippen LogP contribution in [0.2, 0.25) is 0 Å². The van der Waals surface area contributed by atoms with Gasteiger partial charge in [-0.3, -0.25) is 4.79 Å². The van der Waals surface area contributed by atoms with E-state index in [0.29, 0.717) is 31.0 Å². The molecule has 2 atom stereocenters. The number of nitrogens with one attached hydrogen (secondary N) is 1. The Labute approximate surface area is 141 Å². The Morgan fingerprint density at radius 1 is 1.29 bits per heavy atom. The van der Waals surface area contributed by atoms with Crippen molar-refractivity contribution in [2.24, 2.45) is 0 Å². The highest BCUT2D eigenvalue weighted by Crippen LogP contribution is 2.40. The number of amides is 1. The van der Waals surface area contributed by atoms with E-state index in [1.807, 2.05) is 6.92 Å². The molecule has 8 heteroatoms. The molecule has 2 aliphatic carbocycles. The normalized spacial score (nSPS) is 28.7. The molecule has 1 N–H and O–H groups in total. The molecule has 3 fully saturated rings. The second-order valence-corrected chi connectivity index (χ2v) is 9.45. The molecule has 0 aromatic carbocycles. The minimum atomic E-state index is -3.15. The highest BCUT2D eigenvalue weighted by molar-refractivity contribution is 7.90. The van der Waals surface area contributed by atoms with Crippen molar-refractivity contribution < 1.29 is 17.7 Å². The fraction of sp³-hybridized carbons (Fsp3) is 0.750. The number of sulfonamides is 1. The predicted molar refractivity (Wildman–Crippen MR) is 87.1 cm³/mol. The number of piperidine rings is 1. The summed E-state index contributed by atoms with van der Waals surface area (Å²) in [6.07, 6.45) is 5.02. The van der Waals surface area contributed by atoms with Crippen molar-refractivity contribution in [3.63, 3.8) is 0 Å². The van der Waals surface area contributed by atoms with Crippen LogP contribution in [0, 0.1) is 0 Å². The molecule has 2 heterocycles. The van der Waals surface area contributed by atoms with E-state index in [2.05, 4.69) is 10.5 Å². The summed E-state index contributed by atoms with van der Waals surface area (Å²) >= 11 is 0. The third-order valence-corrected chi connectivity index (χ3v) is 7.67. The van der Waals surface area contributed by atoms with E-state index < -0.39 is 10.0 Å². The first-order valence-electron chi connectivity index (χ1n) is 8.73. The SMILES string of the molecule is C[C@H]1C[C@H](NC(=O)c2cc(C3CC3)on2)CCN1S(=O)(=O)C1CC1. The van der Waals surface area contributed by atoms with Crippen LogP contribution in [0.25, 0.3) is 0 Å². The molecule has 7 nitrogen and oxygen atoms in total. The summed E-state index contributed by atoms with van der Waals surface area (Å²) in [6.45, 7) is 2.39. The number of nitrogens with zero attached hydrogens (tertiary/aromatic N) is 2. The molecule has 1 aromatic heterocycles. The molecule has 1 amide bonds. The van der Waals surface area contributed by atoms with E-state index in [0.717, 1.165) is 31.4 Å². The van der Waals surface area contributed by atoms with Gasteiger partial charge < -0.3 is 9.84 Å². The summed E-state index contributed by atoms with van der Waals surface area (Å²) in [5.41, 5.74) is 0.317. The Kier molecular flexibility index (Phi) is 3.91. The van der Waals surface area contributed by atoms with Gasteiger partial charge in [0.05, 0.1) is 5.25 Å². The summed E-state index contributed by atoms with van der Waals surface area (Å²) in [7, 11) is -3.15. The van der Waals surface area contributed by atoms with Gasteiger partial charge in [-0.2, -0.15) is 4.31 Å². The largest absolute Gasteiger partial charge is 0.360 e. The van der Waals surface area contributed by atoms with Crippen LogP contribution in [0.4, 0.5) is 0 Å². The van der Waals surface area contributed by atoms with E-state index in [4.69, 9.17) is 4.52 Å². The van der Waals surface area contributed by atoms with Crippen LogP contribution < -0.4 is 5.32 Å². The number of rotatable bonds is 5. The summed E-state index contributed by atoms with van der Waals surface area (Å²) in [5.74, 6) is 0.982. The average Bonchev–Trinajstić information content (AvgIpc) is 3.45. The van der Waals surface area contributed by atoms with Crippen LogP contribution in [0.3, 0.4) is 0 Å². The molecule has 1 aromatic rings. The summed E-state index contributed by atoms with van der Waals surface area (Å²) in [5, 5.41) is 6.65. The second kappa shape index (κ2) is 5.84. The van der Waals surface area contributed by atoms with Gasteiger partial charge >= 0.3 is 0 Å². The first kappa shape index (κ1) is 16.1. The second-order valence-electron chi connectivity index (χ2n) is 7.29. The molecule has 1 saturated heterocycles. The van der Waals surface area contributed by atoms with Crippen molar-refractivity contribution >= 4 is 15.9 Å². The molecule has 2 saturated carbocycles. The molecular weight excluding hydrogens is 330 g/mol. The van der Waals surface area contributed by atoms with Gasteiger partial charge in [0.2, 0.25) is 10.0 Å². The molecule has 0 spiro atoms. The van der Waals surface area contributed by atoms with Crippen molar-refractivity contribution in [1.82, 2.24) is 14.8 Å².